The molecule has 0 spiro atoms. The molecule has 36 heavy (non-hydrogen) atoms. The largest absolute Gasteiger partial charge is 0.378 e. The lowest BCUT2D eigenvalue weighted by Gasteiger charge is -2.30. The third-order valence-electron chi connectivity index (χ3n) is 6.76. The van der Waals surface area contributed by atoms with E-state index in [1.54, 1.807) is 39.1 Å². The minimum Gasteiger partial charge on any atom is -0.378 e. The van der Waals surface area contributed by atoms with E-state index in [4.69, 9.17) is 12.6 Å². The number of carbonyl (C=O) groups excluding carboxylic acids is 1. The van der Waals surface area contributed by atoms with Crippen molar-refractivity contribution in [1.82, 2.24) is 14.8 Å². The molecule has 1 aromatic heterocycles. The molecular weight excluding hydrogens is 468 g/mol. The number of halogens is 3. The van der Waals surface area contributed by atoms with Gasteiger partial charge < -0.3 is 19.9 Å². The molecule has 1 aliphatic rings. The van der Waals surface area contributed by atoms with Gasteiger partial charge in [0, 0.05) is 50.8 Å². The summed E-state index contributed by atoms with van der Waals surface area (Å²) in [5, 5.41) is 3.94. The first-order valence-electron chi connectivity index (χ1n) is 11.6. The van der Waals surface area contributed by atoms with Gasteiger partial charge in [-0.05, 0) is 36.3 Å². The van der Waals surface area contributed by atoms with Crippen molar-refractivity contribution < 1.29 is 22.7 Å². The third kappa shape index (κ3) is 4.74. The van der Waals surface area contributed by atoms with Gasteiger partial charge in [-0.25, -0.2) is 18.0 Å². The van der Waals surface area contributed by atoms with Gasteiger partial charge in [0.25, 0.3) is 6.43 Å². The summed E-state index contributed by atoms with van der Waals surface area (Å²) in [6, 6.07) is 10.5. The first kappa shape index (κ1) is 25.8. The van der Waals surface area contributed by atoms with Gasteiger partial charge in [-0.3, -0.25) is 4.98 Å². The van der Waals surface area contributed by atoms with Gasteiger partial charge >= 0.3 is 6.03 Å². The molecule has 1 aliphatic heterocycles. The zero-order valence-corrected chi connectivity index (χ0v) is 20.7. The number of anilines is 1. The van der Waals surface area contributed by atoms with Gasteiger partial charge in [-0.1, -0.05) is 24.3 Å². The minimum atomic E-state index is -2.91. The van der Waals surface area contributed by atoms with Crippen LogP contribution < -0.4 is 10.9 Å². The quantitative estimate of drug-likeness (QED) is 0.511. The fourth-order valence-electron chi connectivity index (χ4n) is 4.78. The number of amides is 2. The van der Waals surface area contributed by atoms with Gasteiger partial charge in [0.15, 0.2) is 0 Å². The van der Waals surface area contributed by atoms with Gasteiger partial charge in [-0.15, -0.1) is 0 Å². The molecule has 1 N–H and O–H groups in total. The van der Waals surface area contributed by atoms with E-state index in [1.165, 1.54) is 17.0 Å². The number of nitrogens with zero attached hydrogens (tertiary/aromatic N) is 3. The molecule has 4 rings (SSSR count). The maximum Gasteiger partial charge on any atom is 0.319 e. The van der Waals surface area contributed by atoms with Crippen molar-refractivity contribution in [3.05, 3.63) is 65.0 Å². The Morgan fingerprint density at radius 1 is 1.22 bits per heavy atom. The second kappa shape index (κ2) is 10.0. The smallest absolute Gasteiger partial charge is 0.319 e. The number of alkyl halides is 2. The van der Waals surface area contributed by atoms with E-state index in [1.807, 2.05) is 18.2 Å². The Morgan fingerprint density at radius 2 is 1.94 bits per heavy atom. The first-order chi connectivity index (χ1) is 17.1. The monoisotopic (exact) mass is 496 g/mol. The molecule has 2 atom stereocenters. The molecule has 2 amide bonds. The van der Waals surface area contributed by atoms with Crippen LogP contribution in [0.15, 0.2) is 42.5 Å². The number of likely N-dealkylation sites (tertiary alicyclic amines) is 1. The highest BCUT2D eigenvalue weighted by atomic mass is 19.3. The molecule has 2 aromatic carbocycles. The summed E-state index contributed by atoms with van der Waals surface area (Å²) in [5.74, 6) is -0.936. The Bertz CT molecular complexity index is 1290. The highest BCUT2D eigenvalue weighted by Crippen LogP contribution is 2.38. The number of nitrogens with one attached hydrogen (secondary N) is 1. The van der Waals surface area contributed by atoms with E-state index >= 15 is 0 Å². The average molecular weight is 496 g/mol. The highest BCUT2D eigenvalue weighted by Gasteiger charge is 2.42. The Balaban J connectivity index is 1.72. The van der Waals surface area contributed by atoms with Crippen LogP contribution in [0.3, 0.4) is 0 Å². The standard InChI is InChI=1S/C26H28BF3N4O2/c1-15(17-6-5-7-18(23(17)28)24(29)30)31-21-13-22(27)32-20-9-8-16(12-19(20)21)26(36-4)10-11-34(14-26)25(35)33(2)3/h5-9,12-13,15,24H,10-11,14H2,1-4H3,(H,31,32)/t15-,26+/m1/s1. The molecule has 0 bridgehead atoms. The number of rotatable bonds is 6. The van der Waals surface area contributed by atoms with Crippen molar-refractivity contribution in [1.29, 1.82) is 0 Å². The van der Waals surface area contributed by atoms with Gasteiger partial charge in [0.1, 0.15) is 19.3 Å². The van der Waals surface area contributed by atoms with Crippen LogP contribution in [0.1, 0.15) is 42.5 Å². The van der Waals surface area contributed by atoms with Crippen LogP contribution in [0.5, 0.6) is 0 Å². The number of pyridine rings is 1. The predicted molar refractivity (Wildman–Crippen MR) is 134 cm³/mol. The summed E-state index contributed by atoms with van der Waals surface area (Å²) in [6.07, 6.45) is -2.30. The number of hydrogen-bond acceptors (Lipinski definition) is 4. The average Bonchev–Trinajstić information content (AvgIpc) is 3.29. The summed E-state index contributed by atoms with van der Waals surface area (Å²) in [4.78, 5) is 20.2. The lowest BCUT2D eigenvalue weighted by molar-refractivity contribution is -0.00377. The van der Waals surface area contributed by atoms with Crippen LogP contribution in [0.2, 0.25) is 0 Å². The topological polar surface area (TPSA) is 57.7 Å². The van der Waals surface area contributed by atoms with Crippen LogP contribution in [-0.4, -0.2) is 63.0 Å². The molecule has 0 saturated carbocycles. The molecule has 2 heterocycles. The van der Waals surface area contributed by atoms with Crippen LogP contribution in [-0.2, 0) is 10.3 Å². The minimum absolute atomic E-state index is 0.0895. The number of carbonyl (C=O) groups is 1. The molecular formula is C26H28BF3N4O2. The zero-order chi connectivity index (χ0) is 26.2. The molecule has 0 aliphatic carbocycles. The maximum absolute atomic E-state index is 14.8. The van der Waals surface area contributed by atoms with Gasteiger partial charge in [0.05, 0.1) is 23.7 Å². The van der Waals surface area contributed by atoms with Gasteiger partial charge in [-0.2, -0.15) is 0 Å². The van der Waals surface area contributed by atoms with Crippen LogP contribution in [0, 0.1) is 5.82 Å². The third-order valence-corrected chi connectivity index (χ3v) is 6.76. The lowest BCUT2D eigenvalue weighted by atomic mass is 9.90. The van der Waals surface area contributed by atoms with E-state index < -0.39 is 29.4 Å². The highest BCUT2D eigenvalue weighted by molar-refractivity contribution is 6.31. The van der Waals surface area contributed by atoms with Crippen molar-refractivity contribution >= 4 is 36.1 Å². The number of benzene rings is 2. The molecule has 10 heteroatoms. The van der Waals surface area contributed by atoms with Crippen molar-refractivity contribution in [2.75, 3.05) is 39.6 Å². The van der Waals surface area contributed by atoms with Crippen molar-refractivity contribution in [3.8, 4) is 0 Å². The van der Waals surface area contributed by atoms with E-state index in [2.05, 4.69) is 10.3 Å². The van der Waals surface area contributed by atoms with Gasteiger partial charge in [0.2, 0.25) is 0 Å². The number of hydrogen-bond donors (Lipinski definition) is 1. The Hall–Kier alpha value is -3.27. The molecule has 6 nitrogen and oxygen atoms in total. The summed E-state index contributed by atoms with van der Waals surface area (Å²) in [5.41, 5.74) is 1.09. The van der Waals surface area contributed by atoms with E-state index in [0.29, 0.717) is 36.1 Å². The molecule has 2 radical (unpaired) electrons. The number of methoxy groups -OCH3 is 1. The SMILES string of the molecule is [B]c1cc(N[C@H](C)c2cccc(C(F)F)c2F)c2cc([C@]3(OC)CCN(C(=O)N(C)C)C3)ccc2n1. The molecule has 1 saturated heterocycles. The van der Waals surface area contributed by atoms with Crippen LogP contribution in [0.4, 0.5) is 23.7 Å². The molecule has 0 unspecified atom stereocenters. The molecule has 1 fully saturated rings. The maximum atomic E-state index is 14.8. The Labute approximate surface area is 209 Å². The summed E-state index contributed by atoms with van der Waals surface area (Å²) in [7, 11) is 11.1. The second-order valence-corrected chi connectivity index (χ2v) is 9.29. The zero-order valence-electron chi connectivity index (χ0n) is 20.7. The van der Waals surface area contributed by atoms with Crippen molar-refractivity contribution in [2.45, 2.75) is 31.4 Å². The Kier molecular flexibility index (Phi) is 7.18. The number of fused-ring (bicyclic) bond motifs is 1. The normalized spacial score (nSPS) is 18.6. The Morgan fingerprint density at radius 3 is 2.61 bits per heavy atom. The lowest BCUT2D eigenvalue weighted by Crippen LogP contribution is -2.40. The van der Waals surface area contributed by atoms with Crippen LogP contribution >= 0.6 is 0 Å². The molecule has 188 valence electrons. The summed E-state index contributed by atoms with van der Waals surface area (Å²) >= 11 is 0. The fourth-order valence-corrected chi connectivity index (χ4v) is 4.78. The van der Waals surface area contributed by atoms with E-state index in [0.717, 1.165) is 11.6 Å². The summed E-state index contributed by atoms with van der Waals surface area (Å²) in [6.45, 7) is 2.63. The van der Waals surface area contributed by atoms with Crippen molar-refractivity contribution in [2.24, 2.45) is 0 Å². The number of aromatic nitrogens is 1. The van der Waals surface area contributed by atoms with Crippen molar-refractivity contribution in [3.63, 3.8) is 0 Å². The number of ether oxygens (including phenoxy) is 1. The molecule has 3 aromatic rings. The van der Waals surface area contributed by atoms with Crippen LogP contribution in [0.25, 0.3) is 10.9 Å². The predicted octanol–water partition coefficient (Wildman–Crippen LogP) is 4.51. The fraction of sp³-hybridized carbons (Fsp3) is 0.385. The first-order valence-corrected chi connectivity index (χ1v) is 11.6. The summed E-state index contributed by atoms with van der Waals surface area (Å²) < 4.78 is 47.2. The second-order valence-electron chi connectivity index (χ2n) is 9.29. The number of urea groups is 1. The van der Waals surface area contributed by atoms with E-state index in [-0.39, 0.29) is 17.2 Å². The van der Waals surface area contributed by atoms with E-state index in [9.17, 15) is 18.0 Å².